The van der Waals surface area contributed by atoms with Gasteiger partial charge < -0.3 is 24.4 Å². The normalized spacial score (nSPS) is 24.6. The van der Waals surface area contributed by atoms with E-state index >= 15 is 0 Å². The Morgan fingerprint density at radius 3 is 2.55 bits per heavy atom. The lowest BCUT2D eigenvalue weighted by Crippen LogP contribution is -2.46. The quantitative estimate of drug-likeness (QED) is 0.217. The summed E-state index contributed by atoms with van der Waals surface area (Å²) < 4.78 is 8.76. The van der Waals surface area contributed by atoms with Crippen LogP contribution in [0.2, 0.25) is 18.6 Å². The second-order valence-corrected chi connectivity index (χ2v) is 18.3. The number of rotatable bonds is 10. The van der Waals surface area contributed by atoms with Crippen LogP contribution in [0.4, 0.5) is 11.4 Å². The van der Waals surface area contributed by atoms with E-state index < -0.39 is 13.9 Å². The molecule has 256 valence electrons. The number of ether oxygens (including phenoxy) is 1. The maximum absolute atomic E-state index is 14.8. The molecular weight excluding hydrogens is 635 g/mol. The zero-order valence-electron chi connectivity index (χ0n) is 28.4. The second-order valence-electron chi connectivity index (χ2n) is 14.3. The van der Waals surface area contributed by atoms with Gasteiger partial charge in [0.15, 0.2) is 13.9 Å². The maximum atomic E-state index is 14.8. The summed E-state index contributed by atoms with van der Waals surface area (Å²) >= 11 is 0. The zero-order chi connectivity index (χ0) is 34.3. The molecule has 2 N–H and O–H groups in total. The first-order valence-electron chi connectivity index (χ1n) is 17.4. The van der Waals surface area contributed by atoms with Gasteiger partial charge in [-0.25, -0.2) is 0 Å². The molecule has 10 nitrogen and oxygen atoms in total. The van der Waals surface area contributed by atoms with E-state index in [1.54, 1.807) is 4.68 Å². The van der Waals surface area contributed by atoms with Gasteiger partial charge in [-0.15, -0.1) is 5.10 Å². The van der Waals surface area contributed by atoms with Crippen molar-refractivity contribution >= 4 is 31.5 Å². The lowest BCUT2D eigenvalue weighted by Gasteiger charge is -2.32. The highest BCUT2D eigenvalue weighted by atomic mass is 28.4. The number of carbonyl (C=O) groups is 2. The molecule has 4 heterocycles. The number of aliphatic hydroxyl groups excluding tert-OH is 1. The number of aromatic nitrogens is 3. The zero-order valence-corrected chi connectivity index (χ0v) is 29.4. The number of amides is 2. The number of fused-ring (bicyclic) bond motifs is 2. The second kappa shape index (κ2) is 13.3. The van der Waals surface area contributed by atoms with Crippen molar-refractivity contribution in [1.82, 2.24) is 15.0 Å². The monoisotopic (exact) mass is 679 g/mol. The number of benzene rings is 3. The fraction of sp³-hybridized carbons (Fsp3) is 0.421. The minimum Gasteiger partial charge on any atom is -0.432 e. The van der Waals surface area contributed by atoms with Crippen molar-refractivity contribution in [3.63, 3.8) is 0 Å². The highest BCUT2D eigenvalue weighted by Crippen LogP contribution is 2.59. The Labute approximate surface area is 288 Å². The number of aliphatic hydroxyl groups is 1. The van der Waals surface area contributed by atoms with Crippen molar-refractivity contribution in [2.75, 3.05) is 23.0 Å². The third-order valence-electron chi connectivity index (χ3n) is 10.7. The summed E-state index contributed by atoms with van der Waals surface area (Å²) in [5.41, 5.74) is 3.65. The van der Waals surface area contributed by atoms with E-state index in [1.165, 1.54) is 0 Å². The first kappa shape index (κ1) is 33.3. The van der Waals surface area contributed by atoms with E-state index in [0.717, 1.165) is 40.9 Å². The number of hydrogen-bond acceptors (Lipinski definition) is 7. The fourth-order valence-electron chi connectivity index (χ4n) is 8.44. The molecule has 1 aromatic heterocycles. The smallest absolute Gasteiger partial charge is 0.264 e. The van der Waals surface area contributed by atoms with Gasteiger partial charge in [0.05, 0.1) is 36.6 Å². The molecule has 0 bridgehead atoms. The van der Waals surface area contributed by atoms with Gasteiger partial charge in [0.1, 0.15) is 0 Å². The largest absolute Gasteiger partial charge is 0.432 e. The molecule has 49 heavy (non-hydrogen) atoms. The maximum Gasteiger partial charge on any atom is 0.264 e. The number of anilines is 2. The lowest BCUT2D eigenvalue weighted by atomic mass is 9.82. The standard InChI is InChI=1S/C38H45N5O5Si/c1-26-36(49(2,3)47)34(19-21-41-24-32(39-40-41)30(25-44)28-13-5-4-6-14-28)48-38(26)31-16-7-8-17-33(31)43(37(38)46)23-27-12-11-15-29(22-27)42-20-10-9-18-35(42)45/h4-8,11-17,22,24,26,30,34,36,44,47H,9-10,18-21,23,25H2,1-3H3/t26-,30?,34+,36-,38+/m1/s1. The van der Waals surface area contributed by atoms with Crippen LogP contribution in [0.1, 0.15) is 60.9 Å². The molecule has 3 aliphatic heterocycles. The number of aryl methyl sites for hydroxylation is 1. The lowest BCUT2D eigenvalue weighted by molar-refractivity contribution is -0.146. The van der Waals surface area contributed by atoms with Gasteiger partial charge >= 0.3 is 0 Å². The number of para-hydroxylation sites is 1. The minimum absolute atomic E-state index is 0.0838. The van der Waals surface area contributed by atoms with Gasteiger partial charge in [-0.05, 0) is 61.7 Å². The highest BCUT2D eigenvalue weighted by molar-refractivity contribution is 6.71. The van der Waals surface area contributed by atoms with Crippen LogP contribution in [0.3, 0.4) is 0 Å². The van der Waals surface area contributed by atoms with Gasteiger partial charge in [-0.1, -0.05) is 72.8 Å². The van der Waals surface area contributed by atoms with Crippen LogP contribution in [0, 0.1) is 5.92 Å². The molecule has 2 fully saturated rings. The topological polar surface area (TPSA) is 121 Å². The summed E-state index contributed by atoms with van der Waals surface area (Å²) in [6, 6.07) is 25.5. The van der Waals surface area contributed by atoms with Crippen LogP contribution in [0.15, 0.2) is 85.1 Å². The number of carbonyl (C=O) groups excluding carboxylic acids is 2. The predicted molar refractivity (Wildman–Crippen MR) is 189 cm³/mol. The molecule has 2 amide bonds. The molecule has 5 atom stereocenters. The number of nitrogens with zero attached hydrogens (tertiary/aromatic N) is 5. The van der Waals surface area contributed by atoms with E-state index in [-0.39, 0.29) is 41.9 Å². The van der Waals surface area contributed by atoms with E-state index in [1.807, 2.05) is 108 Å². The van der Waals surface area contributed by atoms with Crippen molar-refractivity contribution in [2.24, 2.45) is 5.92 Å². The van der Waals surface area contributed by atoms with E-state index in [4.69, 9.17) is 4.74 Å². The van der Waals surface area contributed by atoms with E-state index in [0.29, 0.717) is 38.2 Å². The van der Waals surface area contributed by atoms with Gasteiger partial charge in [0.2, 0.25) is 5.91 Å². The van der Waals surface area contributed by atoms with Crippen LogP contribution in [-0.4, -0.2) is 64.3 Å². The summed E-state index contributed by atoms with van der Waals surface area (Å²) in [6.07, 6.45) is 4.47. The average molecular weight is 680 g/mol. The Bertz CT molecular complexity index is 1830. The summed E-state index contributed by atoms with van der Waals surface area (Å²) in [6.45, 7) is 7.36. The molecule has 0 radical (unpaired) electrons. The minimum atomic E-state index is -2.84. The van der Waals surface area contributed by atoms with Crippen molar-refractivity contribution in [2.45, 2.75) is 82.0 Å². The molecule has 1 spiro atoms. The molecule has 11 heteroatoms. The van der Waals surface area contributed by atoms with Crippen molar-refractivity contribution < 1.29 is 24.2 Å². The van der Waals surface area contributed by atoms with Crippen LogP contribution >= 0.6 is 0 Å². The van der Waals surface area contributed by atoms with E-state index in [2.05, 4.69) is 17.2 Å². The molecule has 7 rings (SSSR count). The first-order chi connectivity index (χ1) is 23.6. The molecule has 0 aliphatic carbocycles. The molecular formula is C38H45N5O5Si. The van der Waals surface area contributed by atoms with Gasteiger partial charge in [0, 0.05) is 48.4 Å². The predicted octanol–water partition coefficient (Wildman–Crippen LogP) is 5.35. The Balaban J connectivity index is 1.15. The van der Waals surface area contributed by atoms with E-state index in [9.17, 15) is 19.5 Å². The first-order valence-corrected chi connectivity index (χ1v) is 20.4. The third-order valence-corrected chi connectivity index (χ3v) is 13.2. The molecule has 1 unspecified atom stereocenters. The Morgan fingerprint density at radius 1 is 1.02 bits per heavy atom. The van der Waals surface area contributed by atoms with Crippen LogP contribution in [-0.2, 0) is 33.0 Å². The number of piperidine rings is 1. The Kier molecular flexibility index (Phi) is 9.03. The average Bonchev–Trinajstić information content (AvgIpc) is 3.75. The highest BCUT2D eigenvalue weighted by Gasteiger charge is 2.66. The molecule has 3 aromatic carbocycles. The number of hydrogen-bond donors (Lipinski definition) is 2. The van der Waals surface area contributed by atoms with Crippen molar-refractivity contribution in [1.29, 1.82) is 0 Å². The molecule has 4 aromatic rings. The summed E-state index contributed by atoms with van der Waals surface area (Å²) in [5, 5.41) is 18.9. The van der Waals surface area contributed by atoms with Gasteiger partial charge in [-0.3, -0.25) is 14.3 Å². The summed E-state index contributed by atoms with van der Waals surface area (Å²) in [4.78, 5) is 42.8. The van der Waals surface area contributed by atoms with Gasteiger partial charge in [-0.2, -0.15) is 0 Å². The van der Waals surface area contributed by atoms with Crippen molar-refractivity contribution in [3.05, 3.63) is 107 Å². The van der Waals surface area contributed by atoms with Crippen LogP contribution in [0.25, 0.3) is 0 Å². The van der Waals surface area contributed by atoms with Crippen LogP contribution < -0.4 is 9.80 Å². The van der Waals surface area contributed by atoms with Crippen molar-refractivity contribution in [3.8, 4) is 0 Å². The molecule has 0 saturated carbocycles. The fourth-order valence-corrected chi connectivity index (χ4v) is 11.0. The summed E-state index contributed by atoms with van der Waals surface area (Å²) in [7, 11) is -2.84. The van der Waals surface area contributed by atoms with Crippen LogP contribution in [0.5, 0.6) is 0 Å². The third kappa shape index (κ3) is 6.03. The molecule has 2 saturated heterocycles. The Hall–Kier alpha value is -4.16. The SMILES string of the molecule is C[C@@H]1[C@@H]([Si](C)(C)O)[C@H](CCn2cc(C(CO)c3ccccc3)nn2)O[C@@]12C(=O)N(Cc1cccc(N3CCCCC3=O)c1)c1ccccc12. The molecule has 3 aliphatic rings. The Morgan fingerprint density at radius 2 is 1.80 bits per heavy atom. The van der Waals surface area contributed by atoms with Gasteiger partial charge in [0.25, 0.3) is 5.91 Å². The summed E-state index contributed by atoms with van der Waals surface area (Å²) in [5.74, 6) is -0.541.